The first-order valence-corrected chi connectivity index (χ1v) is 5.76. The van der Waals surface area contributed by atoms with Crippen molar-refractivity contribution in [1.82, 2.24) is 4.90 Å². The zero-order valence-electron chi connectivity index (χ0n) is 11.0. The van der Waals surface area contributed by atoms with E-state index in [1.54, 1.807) is 6.92 Å². The molecule has 0 saturated heterocycles. The normalized spacial score (nSPS) is 9.90. The van der Waals surface area contributed by atoms with Crippen LogP contribution < -0.4 is 0 Å². The van der Waals surface area contributed by atoms with Crippen molar-refractivity contribution in [2.24, 2.45) is 0 Å². The van der Waals surface area contributed by atoms with Crippen molar-refractivity contribution in [2.75, 3.05) is 20.2 Å². The van der Waals surface area contributed by atoms with Crippen LogP contribution in [0.2, 0.25) is 0 Å². The standard InChI is InChI=1S/C12H14N2O6/c1-3-20-10(15)7-13(2)12(17)8-5-4-6-9(11(8)16)14(18)19/h4-6,16H,3,7H2,1-2H3. The summed E-state index contributed by atoms with van der Waals surface area (Å²) in [6.45, 7) is 1.50. The van der Waals surface area contributed by atoms with Crippen molar-refractivity contribution in [1.29, 1.82) is 0 Å². The van der Waals surface area contributed by atoms with Gasteiger partial charge in [0.25, 0.3) is 5.91 Å². The molecule has 0 atom stereocenters. The lowest BCUT2D eigenvalue weighted by Gasteiger charge is -2.16. The van der Waals surface area contributed by atoms with Gasteiger partial charge in [-0.2, -0.15) is 0 Å². The lowest BCUT2D eigenvalue weighted by molar-refractivity contribution is -0.385. The number of nitro groups is 1. The van der Waals surface area contributed by atoms with E-state index in [1.807, 2.05) is 0 Å². The molecule has 1 amide bonds. The van der Waals surface area contributed by atoms with Gasteiger partial charge in [-0.1, -0.05) is 6.07 Å². The maximum atomic E-state index is 12.0. The van der Waals surface area contributed by atoms with E-state index >= 15 is 0 Å². The number of ether oxygens (including phenoxy) is 1. The summed E-state index contributed by atoms with van der Waals surface area (Å²) in [5, 5.41) is 20.4. The summed E-state index contributed by atoms with van der Waals surface area (Å²) in [5.41, 5.74) is -0.814. The van der Waals surface area contributed by atoms with E-state index < -0.39 is 28.2 Å². The molecule has 0 spiro atoms. The number of para-hydroxylation sites is 1. The van der Waals surface area contributed by atoms with Crippen LogP contribution in [-0.2, 0) is 9.53 Å². The first-order valence-electron chi connectivity index (χ1n) is 5.76. The van der Waals surface area contributed by atoms with Crippen LogP contribution in [0.3, 0.4) is 0 Å². The van der Waals surface area contributed by atoms with Gasteiger partial charge in [0.15, 0.2) is 0 Å². The first kappa shape index (κ1) is 15.4. The van der Waals surface area contributed by atoms with E-state index in [9.17, 15) is 24.8 Å². The van der Waals surface area contributed by atoms with Gasteiger partial charge < -0.3 is 14.7 Å². The first-order chi connectivity index (χ1) is 9.38. The van der Waals surface area contributed by atoms with E-state index in [2.05, 4.69) is 4.74 Å². The Morgan fingerprint density at radius 3 is 2.65 bits per heavy atom. The molecule has 1 aromatic rings. The third kappa shape index (κ3) is 3.44. The van der Waals surface area contributed by atoms with E-state index in [4.69, 9.17) is 0 Å². The average molecular weight is 282 g/mol. The highest BCUT2D eigenvalue weighted by molar-refractivity contribution is 5.99. The Morgan fingerprint density at radius 1 is 1.45 bits per heavy atom. The Kier molecular flexibility index (Phi) is 5.01. The lowest BCUT2D eigenvalue weighted by Crippen LogP contribution is -2.33. The van der Waals surface area contributed by atoms with Gasteiger partial charge in [-0.25, -0.2) is 0 Å². The van der Waals surface area contributed by atoms with Crippen LogP contribution in [0.15, 0.2) is 18.2 Å². The molecule has 0 aliphatic heterocycles. The molecule has 0 heterocycles. The Balaban J connectivity index is 2.95. The monoisotopic (exact) mass is 282 g/mol. The van der Waals surface area contributed by atoms with Crippen LogP contribution in [0.1, 0.15) is 17.3 Å². The summed E-state index contributed by atoms with van der Waals surface area (Å²) in [6.07, 6.45) is 0. The molecule has 1 rings (SSSR count). The van der Waals surface area contributed by atoms with Gasteiger partial charge in [-0.15, -0.1) is 0 Å². The van der Waals surface area contributed by atoms with Crippen LogP contribution in [0, 0.1) is 10.1 Å². The number of phenolic OH excluding ortho intramolecular Hbond substituents is 1. The number of nitrogens with zero attached hydrogens (tertiary/aromatic N) is 2. The Labute approximate surface area is 114 Å². The minimum absolute atomic E-state index is 0.183. The summed E-state index contributed by atoms with van der Waals surface area (Å²) < 4.78 is 4.69. The van der Waals surface area contributed by atoms with Crippen molar-refractivity contribution < 1.29 is 24.4 Å². The smallest absolute Gasteiger partial charge is 0.325 e. The number of benzene rings is 1. The number of hydrogen-bond donors (Lipinski definition) is 1. The summed E-state index contributed by atoms with van der Waals surface area (Å²) in [4.78, 5) is 34.2. The maximum absolute atomic E-state index is 12.0. The minimum atomic E-state index is -0.794. The number of likely N-dealkylation sites (N-methyl/N-ethyl adjacent to an activating group) is 1. The van der Waals surface area contributed by atoms with E-state index in [1.165, 1.54) is 19.2 Å². The number of esters is 1. The Hall–Kier alpha value is -2.64. The SMILES string of the molecule is CCOC(=O)CN(C)C(=O)c1cccc([N+](=O)[O-])c1O. The summed E-state index contributed by atoms with van der Waals surface area (Å²) in [7, 11) is 1.33. The molecule has 1 N–H and O–H groups in total. The molecule has 8 nitrogen and oxygen atoms in total. The summed E-state index contributed by atoms with van der Waals surface area (Å²) in [6, 6.07) is 3.60. The zero-order chi connectivity index (χ0) is 15.3. The van der Waals surface area contributed by atoms with E-state index in [0.717, 1.165) is 11.0 Å². The second-order valence-corrected chi connectivity index (χ2v) is 3.90. The molecule has 0 aliphatic rings. The lowest BCUT2D eigenvalue weighted by atomic mass is 10.1. The predicted molar refractivity (Wildman–Crippen MR) is 68.4 cm³/mol. The molecule has 0 aromatic heterocycles. The fraction of sp³-hybridized carbons (Fsp3) is 0.333. The largest absolute Gasteiger partial charge is 0.502 e. The molecule has 1 aromatic carbocycles. The average Bonchev–Trinajstić information content (AvgIpc) is 2.38. The van der Waals surface area contributed by atoms with E-state index in [-0.39, 0.29) is 18.7 Å². The van der Waals surface area contributed by atoms with Gasteiger partial charge in [-0.05, 0) is 13.0 Å². The number of carbonyl (C=O) groups is 2. The number of rotatable bonds is 5. The van der Waals surface area contributed by atoms with Crippen LogP contribution in [-0.4, -0.2) is 47.0 Å². The van der Waals surface area contributed by atoms with Crippen molar-refractivity contribution in [2.45, 2.75) is 6.92 Å². The minimum Gasteiger partial charge on any atom is -0.502 e. The highest BCUT2D eigenvalue weighted by Gasteiger charge is 2.24. The molecule has 0 radical (unpaired) electrons. The molecule has 108 valence electrons. The molecular formula is C12H14N2O6. The van der Waals surface area contributed by atoms with Gasteiger partial charge >= 0.3 is 11.7 Å². The number of hydrogen-bond acceptors (Lipinski definition) is 6. The second kappa shape index (κ2) is 6.50. The fourth-order valence-corrected chi connectivity index (χ4v) is 1.53. The van der Waals surface area contributed by atoms with Gasteiger partial charge in [-0.3, -0.25) is 19.7 Å². The fourth-order valence-electron chi connectivity index (χ4n) is 1.53. The third-order valence-electron chi connectivity index (χ3n) is 2.46. The Morgan fingerprint density at radius 2 is 2.10 bits per heavy atom. The van der Waals surface area contributed by atoms with Crippen molar-refractivity contribution in [3.63, 3.8) is 0 Å². The van der Waals surface area contributed by atoms with Crippen molar-refractivity contribution in [3.8, 4) is 5.75 Å². The quantitative estimate of drug-likeness (QED) is 0.489. The summed E-state index contributed by atoms with van der Waals surface area (Å²) >= 11 is 0. The number of aromatic hydroxyl groups is 1. The second-order valence-electron chi connectivity index (χ2n) is 3.90. The van der Waals surface area contributed by atoms with Crippen molar-refractivity contribution in [3.05, 3.63) is 33.9 Å². The highest BCUT2D eigenvalue weighted by Crippen LogP contribution is 2.29. The molecule has 0 bridgehead atoms. The van der Waals surface area contributed by atoms with Gasteiger partial charge in [0, 0.05) is 13.1 Å². The number of nitro benzene ring substituents is 1. The van der Waals surface area contributed by atoms with Crippen LogP contribution in [0.4, 0.5) is 5.69 Å². The van der Waals surface area contributed by atoms with Crippen LogP contribution in [0.25, 0.3) is 0 Å². The topological polar surface area (TPSA) is 110 Å². The molecule has 20 heavy (non-hydrogen) atoms. The molecular weight excluding hydrogens is 268 g/mol. The van der Waals surface area contributed by atoms with Crippen LogP contribution in [0.5, 0.6) is 5.75 Å². The van der Waals surface area contributed by atoms with E-state index in [0.29, 0.717) is 0 Å². The number of amides is 1. The van der Waals surface area contributed by atoms with Crippen LogP contribution >= 0.6 is 0 Å². The predicted octanol–water partition coefficient (Wildman–Crippen LogP) is 0.935. The number of phenols is 1. The molecule has 0 aliphatic carbocycles. The van der Waals surface area contributed by atoms with Gasteiger partial charge in [0.05, 0.1) is 17.1 Å². The highest BCUT2D eigenvalue weighted by atomic mass is 16.6. The molecule has 0 unspecified atom stereocenters. The van der Waals surface area contributed by atoms with Crippen molar-refractivity contribution >= 4 is 17.6 Å². The summed E-state index contributed by atoms with van der Waals surface area (Å²) in [5.74, 6) is -2.04. The maximum Gasteiger partial charge on any atom is 0.325 e. The Bertz CT molecular complexity index is 543. The molecule has 8 heteroatoms. The molecule has 0 saturated carbocycles. The zero-order valence-corrected chi connectivity index (χ0v) is 11.0. The van der Waals surface area contributed by atoms with Gasteiger partial charge in [0.2, 0.25) is 5.75 Å². The van der Waals surface area contributed by atoms with Gasteiger partial charge in [0.1, 0.15) is 6.54 Å². The number of carbonyl (C=O) groups excluding carboxylic acids is 2. The third-order valence-corrected chi connectivity index (χ3v) is 2.46. The molecule has 0 fully saturated rings.